The Hall–Kier alpha value is -1.02. The molecule has 1 aromatic rings. The Kier molecular flexibility index (Phi) is 14.7. The highest BCUT2D eigenvalue weighted by molar-refractivity contribution is 4.98. The molecule has 1 heterocycles. The molecule has 162 valence electrons. The summed E-state index contributed by atoms with van der Waals surface area (Å²) < 4.78 is 7.91. The summed E-state index contributed by atoms with van der Waals surface area (Å²) in [6.07, 6.45) is 5.04. The fourth-order valence-corrected chi connectivity index (χ4v) is 3.02. The fourth-order valence-electron chi connectivity index (χ4n) is 3.02. The van der Waals surface area contributed by atoms with E-state index in [0.29, 0.717) is 6.04 Å². The van der Waals surface area contributed by atoms with Crippen LogP contribution in [0.4, 0.5) is 0 Å². The minimum atomic E-state index is -0.104. The SMILES string of the molecule is CC.CCCOC(C)(C)CC(C)(C)Cc1cn(CN(C)C(C)C)nn1.OO. The van der Waals surface area contributed by atoms with Crippen LogP contribution < -0.4 is 0 Å². The molecule has 0 amide bonds. The lowest BCUT2D eigenvalue weighted by Gasteiger charge is -2.34. The Morgan fingerprint density at radius 1 is 1.19 bits per heavy atom. The average Bonchev–Trinajstić information content (AvgIpc) is 3.01. The summed E-state index contributed by atoms with van der Waals surface area (Å²) in [6, 6.07) is 0.496. The second kappa shape index (κ2) is 14.0. The smallest absolute Gasteiger partial charge is 0.0946 e. The van der Waals surface area contributed by atoms with Crippen LogP contribution in [0.3, 0.4) is 0 Å². The molecular weight excluding hydrogens is 344 g/mol. The van der Waals surface area contributed by atoms with Crippen molar-refractivity contribution in [1.82, 2.24) is 19.9 Å². The lowest BCUT2D eigenvalue weighted by molar-refractivity contribution is -0.176. The zero-order valence-electron chi connectivity index (χ0n) is 19.3. The Morgan fingerprint density at radius 3 is 2.22 bits per heavy atom. The number of rotatable bonds is 10. The number of ether oxygens (including phenoxy) is 1. The van der Waals surface area contributed by atoms with Gasteiger partial charge in [-0.15, -0.1) is 5.10 Å². The van der Waals surface area contributed by atoms with Crippen LogP contribution in [0.25, 0.3) is 0 Å². The molecule has 0 saturated heterocycles. The molecule has 0 aliphatic heterocycles. The minimum absolute atomic E-state index is 0.104. The van der Waals surface area contributed by atoms with Crippen LogP contribution in [0.5, 0.6) is 0 Å². The Morgan fingerprint density at radius 2 is 1.74 bits per heavy atom. The molecule has 0 radical (unpaired) electrons. The van der Waals surface area contributed by atoms with E-state index in [-0.39, 0.29) is 11.0 Å². The van der Waals surface area contributed by atoms with E-state index in [9.17, 15) is 0 Å². The molecule has 0 aromatic carbocycles. The number of aromatic nitrogens is 3. The van der Waals surface area contributed by atoms with Gasteiger partial charge in [-0.2, -0.15) is 0 Å². The van der Waals surface area contributed by atoms with E-state index in [4.69, 9.17) is 15.3 Å². The highest BCUT2D eigenvalue weighted by Crippen LogP contribution is 2.33. The maximum Gasteiger partial charge on any atom is 0.0946 e. The van der Waals surface area contributed by atoms with E-state index in [1.807, 2.05) is 18.5 Å². The van der Waals surface area contributed by atoms with Gasteiger partial charge in [-0.05, 0) is 59.4 Å². The number of nitrogens with zero attached hydrogens (tertiary/aromatic N) is 4. The summed E-state index contributed by atoms with van der Waals surface area (Å²) in [6.45, 7) is 21.0. The quantitative estimate of drug-likeness (QED) is 0.443. The van der Waals surface area contributed by atoms with Crippen molar-refractivity contribution in [2.75, 3.05) is 13.7 Å². The third-order valence-electron chi connectivity index (χ3n) is 4.10. The third-order valence-corrected chi connectivity index (χ3v) is 4.10. The summed E-state index contributed by atoms with van der Waals surface area (Å²) in [5, 5.41) is 20.6. The molecule has 0 aliphatic carbocycles. The number of hydrogen-bond acceptors (Lipinski definition) is 6. The lowest BCUT2D eigenvalue weighted by atomic mass is 9.78. The molecular formula is C20H44N4O3. The van der Waals surface area contributed by atoms with Crippen molar-refractivity contribution < 1.29 is 15.3 Å². The predicted octanol–water partition coefficient (Wildman–Crippen LogP) is 4.78. The highest BCUT2D eigenvalue weighted by atomic mass is 17.0. The maximum atomic E-state index is 6.00. The predicted molar refractivity (Wildman–Crippen MR) is 112 cm³/mol. The first-order chi connectivity index (χ1) is 12.5. The largest absolute Gasteiger partial charge is 0.376 e. The molecule has 0 spiro atoms. The van der Waals surface area contributed by atoms with Crippen molar-refractivity contribution in [3.63, 3.8) is 0 Å². The molecule has 27 heavy (non-hydrogen) atoms. The Labute approximate surface area is 166 Å². The molecule has 7 nitrogen and oxygen atoms in total. The third kappa shape index (κ3) is 12.9. The molecule has 0 unspecified atom stereocenters. The van der Waals surface area contributed by atoms with Gasteiger partial charge < -0.3 is 4.74 Å². The van der Waals surface area contributed by atoms with Crippen molar-refractivity contribution in [2.24, 2.45) is 5.41 Å². The van der Waals surface area contributed by atoms with Crippen LogP contribution >= 0.6 is 0 Å². The molecule has 1 rings (SSSR count). The van der Waals surface area contributed by atoms with E-state index in [2.05, 4.69) is 76.9 Å². The van der Waals surface area contributed by atoms with E-state index in [1.54, 1.807) is 0 Å². The first kappa shape index (κ1) is 28.2. The van der Waals surface area contributed by atoms with Gasteiger partial charge in [0, 0.05) is 18.8 Å². The molecule has 0 atom stereocenters. The summed E-state index contributed by atoms with van der Waals surface area (Å²) in [5.74, 6) is 0. The van der Waals surface area contributed by atoms with Gasteiger partial charge in [0.15, 0.2) is 0 Å². The van der Waals surface area contributed by atoms with Crippen molar-refractivity contribution in [1.29, 1.82) is 0 Å². The summed E-state index contributed by atoms with van der Waals surface area (Å²) >= 11 is 0. The molecule has 1 aromatic heterocycles. The molecule has 2 N–H and O–H groups in total. The zero-order valence-corrected chi connectivity index (χ0v) is 19.3. The summed E-state index contributed by atoms with van der Waals surface area (Å²) in [7, 11) is 2.10. The second-order valence-corrected chi connectivity index (χ2v) is 8.37. The van der Waals surface area contributed by atoms with Crippen molar-refractivity contribution in [3.8, 4) is 0 Å². The van der Waals surface area contributed by atoms with Gasteiger partial charge in [-0.1, -0.05) is 39.8 Å². The van der Waals surface area contributed by atoms with Gasteiger partial charge in [0.05, 0.1) is 18.0 Å². The molecule has 0 fully saturated rings. The first-order valence-corrected chi connectivity index (χ1v) is 9.98. The summed E-state index contributed by atoms with van der Waals surface area (Å²) in [4.78, 5) is 2.24. The van der Waals surface area contributed by atoms with Gasteiger partial charge >= 0.3 is 0 Å². The Bertz CT molecular complexity index is 474. The van der Waals surface area contributed by atoms with Crippen molar-refractivity contribution >= 4 is 0 Å². The van der Waals surface area contributed by atoms with E-state index in [0.717, 1.165) is 38.2 Å². The fraction of sp³-hybridized carbons (Fsp3) is 0.900. The molecule has 7 heteroatoms. The van der Waals surface area contributed by atoms with E-state index in [1.165, 1.54) is 0 Å². The topological polar surface area (TPSA) is 83.6 Å². The van der Waals surface area contributed by atoms with Crippen molar-refractivity contribution in [3.05, 3.63) is 11.9 Å². The van der Waals surface area contributed by atoms with Gasteiger partial charge in [-0.3, -0.25) is 15.4 Å². The van der Waals surface area contributed by atoms with Gasteiger partial charge in [0.2, 0.25) is 0 Å². The van der Waals surface area contributed by atoms with Crippen LogP contribution in [0.1, 0.15) is 80.8 Å². The number of hydrogen-bond donors (Lipinski definition) is 2. The average molecular weight is 389 g/mol. The van der Waals surface area contributed by atoms with E-state index < -0.39 is 0 Å². The van der Waals surface area contributed by atoms with Gasteiger partial charge in [0.1, 0.15) is 0 Å². The molecule has 0 bridgehead atoms. The van der Waals surface area contributed by atoms with Gasteiger partial charge in [0.25, 0.3) is 0 Å². The minimum Gasteiger partial charge on any atom is -0.376 e. The first-order valence-electron chi connectivity index (χ1n) is 9.98. The van der Waals surface area contributed by atoms with Crippen LogP contribution in [0.2, 0.25) is 0 Å². The molecule has 0 saturated carbocycles. The molecule has 0 aliphatic rings. The monoisotopic (exact) mass is 388 g/mol. The second-order valence-electron chi connectivity index (χ2n) is 8.37. The van der Waals surface area contributed by atoms with Crippen LogP contribution in [0, 0.1) is 5.41 Å². The zero-order chi connectivity index (χ0) is 21.7. The van der Waals surface area contributed by atoms with Crippen LogP contribution in [-0.2, 0) is 17.8 Å². The van der Waals surface area contributed by atoms with Gasteiger partial charge in [-0.25, -0.2) is 4.68 Å². The standard InChI is InChI=1S/C18H36N4O.C2H6.H2O2/c1-9-10-23-18(6,7)13-17(4,5)11-16-12-22(20-19-16)14-21(8)15(2)3;2*1-2/h12,15H,9-11,13-14H2,1-8H3;1-2H3;1-2H. The van der Waals surface area contributed by atoms with Crippen molar-refractivity contribution in [2.45, 2.75) is 99.9 Å². The van der Waals surface area contributed by atoms with Crippen LogP contribution in [-0.4, -0.2) is 55.7 Å². The highest BCUT2D eigenvalue weighted by Gasteiger charge is 2.30. The van der Waals surface area contributed by atoms with Crippen LogP contribution in [0.15, 0.2) is 6.20 Å². The Balaban J connectivity index is 0. The normalized spacial score (nSPS) is 11.8. The summed E-state index contributed by atoms with van der Waals surface area (Å²) in [5.41, 5.74) is 1.08. The maximum absolute atomic E-state index is 6.00. The van der Waals surface area contributed by atoms with E-state index >= 15 is 0 Å². The lowest BCUT2D eigenvalue weighted by Crippen LogP contribution is -2.33.